The minimum absolute atomic E-state index is 0.0354. The third kappa shape index (κ3) is 4.95. The molecule has 0 aliphatic carbocycles. The predicted octanol–water partition coefficient (Wildman–Crippen LogP) is 2.91. The topological polar surface area (TPSA) is 66.4 Å². The zero-order chi connectivity index (χ0) is 16.9. The number of carbonyl (C=O) groups is 2. The van der Waals surface area contributed by atoms with Gasteiger partial charge in [0.25, 0.3) is 0 Å². The second-order valence-electron chi connectivity index (χ2n) is 6.71. The van der Waals surface area contributed by atoms with Crippen molar-refractivity contribution in [2.24, 2.45) is 5.92 Å². The van der Waals surface area contributed by atoms with Gasteiger partial charge in [-0.25, -0.2) is 0 Å². The summed E-state index contributed by atoms with van der Waals surface area (Å²) in [5, 5.41) is 12.0. The molecule has 122 valence electrons. The summed E-state index contributed by atoms with van der Waals surface area (Å²) >= 11 is 0. The van der Waals surface area contributed by atoms with Gasteiger partial charge in [0, 0.05) is 23.6 Å². The van der Waals surface area contributed by atoms with E-state index < -0.39 is 5.54 Å². The quantitative estimate of drug-likeness (QED) is 0.761. The highest BCUT2D eigenvalue weighted by atomic mass is 16.3. The smallest absolute Gasteiger partial charge is 0.227 e. The summed E-state index contributed by atoms with van der Waals surface area (Å²) in [6.45, 7) is 9.39. The maximum absolute atomic E-state index is 12.3. The summed E-state index contributed by atoms with van der Waals surface area (Å²) in [5.41, 5.74) is 1.11. The van der Waals surface area contributed by atoms with Crippen molar-refractivity contribution < 1.29 is 14.7 Å². The third-order valence-corrected chi connectivity index (χ3v) is 3.81. The van der Waals surface area contributed by atoms with Gasteiger partial charge in [-0.1, -0.05) is 38.1 Å². The van der Waals surface area contributed by atoms with Crippen LogP contribution in [0.4, 0.5) is 0 Å². The molecule has 1 atom stereocenters. The molecule has 0 radical (unpaired) electrons. The number of amides is 1. The molecule has 0 aliphatic heterocycles. The largest absolute Gasteiger partial charge is 0.396 e. The lowest BCUT2D eigenvalue weighted by atomic mass is 9.94. The Balaban J connectivity index is 2.79. The Morgan fingerprint density at radius 1 is 1.14 bits per heavy atom. The second-order valence-corrected chi connectivity index (χ2v) is 6.71. The van der Waals surface area contributed by atoms with Gasteiger partial charge in [0.05, 0.1) is 5.92 Å². The first-order valence-electron chi connectivity index (χ1n) is 7.75. The van der Waals surface area contributed by atoms with Crippen LogP contribution in [0.5, 0.6) is 0 Å². The minimum Gasteiger partial charge on any atom is -0.396 e. The highest BCUT2D eigenvalue weighted by molar-refractivity contribution is 5.97. The summed E-state index contributed by atoms with van der Waals surface area (Å²) in [6.07, 6.45) is 0.507. The Labute approximate surface area is 132 Å². The zero-order valence-electron chi connectivity index (χ0n) is 14.1. The molecule has 0 saturated carbocycles. The SMILES string of the molecule is CC(C)C(=O)c1ccc([C@@H](C)C(=O)NC(C)(C)CCO)cc1. The molecular formula is C18H27NO3. The summed E-state index contributed by atoms with van der Waals surface area (Å²) in [6, 6.07) is 7.22. The molecule has 0 spiro atoms. The van der Waals surface area contributed by atoms with E-state index in [1.807, 2.05) is 46.8 Å². The van der Waals surface area contributed by atoms with E-state index in [9.17, 15) is 9.59 Å². The van der Waals surface area contributed by atoms with Crippen LogP contribution < -0.4 is 5.32 Å². The Kier molecular flexibility index (Phi) is 6.30. The molecule has 1 aromatic carbocycles. The van der Waals surface area contributed by atoms with Crippen LogP contribution in [-0.4, -0.2) is 28.9 Å². The van der Waals surface area contributed by atoms with Gasteiger partial charge < -0.3 is 10.4 Å². The van der Waals surface area contributed by atoms with E-state index in [-0.39, 0.29) is 30.1 Å². The first kappa shape index (κ1) is 18.4. The summed E-state index contributed by atoms with van der Waals surface area (Å²) in [7, 11) is 0. The number of benzene rings is 1. The fraction of sp³-hybridized carbons (Fsp3) is 0.556. The van der Waals surface area contributed by atoms with Gasteiger partial charge in [-0.2, -0.15) is 0 Å². The van der Waals surface area contributed by atoms with Crippen LogP contribution in [0.1, 0.15) is 62.9 Å². The molecule has 0 heterocycles. The van der Waals surface area contributed by atoms with Crippen molar-refractivity contribution in [2.75, 3.05) is 6.61 Å². The molecule has 0 fully saturated rings. The number of hydrogen-bond donors (Lipinski definition) is 2. The highest BCUT2D eigenvalue weighted by Gasteiger charge is 2.24. The first-order chi connectivity index (χ1) is 10.2. The van der Waals surface area contributed by atoms with Crippen LogP contribution in [-0.2, 0) is 4.79 Å². The maximum atomic E-state index is 12.3. The van der Waals surface area contributed by atoms with Crippen molar-refractivity contribution in [3.8, 4) is 0 Å². The van der Waals surface area contributed by atoms with E-state index in [1.54, 1.807) is 12.1 Å². The van der Waals surface area contributed by atoms with Crippen molar-refractivity contribution in [3.05, 3.63) is 35.4 Å². The molecule has 4 nitrogen and oxygen atoms in total. The van der Waals surface area contributed by atoms with Gasteiger partial charge in [-0.05, 0) is 32.8 Å². The molecule has 0 saturated heterocycles. The van der Waals surface area contributed by atoms with E-state index in [0.717, 1.165) is 5.56 Å². The number of hydrogen-bond acceptors (Lipinski definition) is 3. The summed E-state index contributed by atoms with van der Waals surface area (Å²) < 4.78 is 0. The number of rotatable bonds is 7. The zero-order valence-corrected chi connectivity index (χ0v) is 14.1. The Bertz CT molecular complexity index is 518. The molecule has 2 N–H and O–H groups in total. The molecule has 0 unspecified atom stereocenters. The van der Waals surface area contributed by atoms with Gasteiger partial charge in [-0.3, -0.25) is 9.59 Å². The van der Waals surface area contributed by atoms with Crippen molar-refractivity contribution in [2.45, 2.75) is 52.5 Å². The number of aliphatic hydroxyl groups excluding tert-OH is 1. The number of aliphatic hydroxyl groups is 1. The third-order valence-electron chi connectivity index (χ3n) is 3.81. The molecule has 1 rings (SSSR count). The molecule has 1 amide bonds. The lowest BCUT2D eigenvalue weighted by Crippen LogP contribution is -2.45. The molecule has 1 aromatic rings. The van der Waals surface area contributed by atoms with Crippen LogP contribution >= 0.6 is 0 Å². The van der Waals surface area contributed by atoms with Gasteiger partial charge >= 0.3 is 0 Å². The number of Topliss-reactive ketones (excluding diaryl/α,β-unsaturated/α-hetero) is 1. The monoisotopic (exact) mass is 305 g/mol. The highest BCUT2D eigenvalue weighted by Crippen LogP contribution is 2.19. The van der Waals surface area contributed by atoms with Crippen LogP contribution in [0.15, 0.2) is 24.3 Å². The molecule has 0 bridgehead atoms. The molecule has 22 heavy (non-hydrogen) atoms. The average Bonchev–Trinajstić information content (AvgIpc) is 2.45. The van der Waals surface area contributed by atoms with E-state index in [4.69, 9.17) is 5.11 Å². The van der Waals surface area contributed by atoms with Crippen molar-refractivity contribution >= 4 is 11.7 Å². The van der Waals surface area contributed by atoms with Gasteiger partial charge in [-0.15, -0.1) is 0 Å². The predicted molar refractivity (Wildman–Crippen MR) is 88.0 cm³/mol. The van der Waals surface area contributed by atoms with Crippen LogP contribution in [0, 0.1) is 5.92 Å². The van der Waals surface area contributed by atoms with E-state index in [0.29, 0.717) is 12.0 Å². The van der Waals surface area contributed by atoms with Crippen LogP contribution in [0.2, 0.25) is 0 Å². The van der Waals surface area contributed by atoms with Crippen molar-refractivity contribution in [1.29, 1.82) is 0 Å². The lowest BCUT2D eigenvalue weighted by Gasteiger charge is -2.27. The van der Waals surface area contributed by atoms with Gasteiger partial charge in [0.2, 0.25) is 5.91 Å². The maximum Gasteiger partial charge on any atom is 0.227 e. The Morgan fingerprint density at radius 3 is 2.14 bits per heavy atom. The minimum atomic E-state index is -0.437. The normalized spacial score (nSPS) is 13.0. The van der Waals surface area contributed by atoms with Crippen molar-refractivity contribution in [1.82, 2.24) is 5.32 Å². The number of carbonyl (C=O) groups excluding carboxylic acids is 2. The Hall–Kier alpha value is -1.68. The van der Waals surface area contributed by atoms with Crippen LogP contribution in [0.25, 0.3) is 0 Å². The summed E-state index contributed by atoms with van der Waals surface area (Å²) in [4.78, 5) is 24.2. The average molecular weight is 305 g/mol. The lowest BCUT2D eigenvalue weighted by molar-refractivity contribution is -0.123. The van der Waals surface area contributed by atoms with E-state index in [2.05, 4.69) is 5.32 Å². The number of ketones is 1. The fourth-order valence-corrected chi connectivity index (χ4v) is 2.20. The standard InChI is InChI=1S/C18H27NO3/c1-12(2)16(21)15-8-6-14(7-9-15)13(3)17(22)19-18(4,5)10-11-20/h6-9,12-13,20H,10-11H2,1-5H3,(H,19,22)/t13-/m1/s1. The molecular weight excluding hydrogens is 278 g/mol. The van der Waals surface area contributed by atoms with E-state index in [1.165, 1.54) is 0 Å². The molecule has 4 heteroatoms. The fourth-order valence-electron chi connectivity index (χ4n) is 2.20. The van der Waals surface area contributed by atoms with Gasteiger partial charge in [0.15, 0.2) is 5.78 Å². The second kappa shape index (κ2) is 7.54. The van der Waals surface area contributed by atoms with Crippen molar-refractivity contribution in [3.63, 3.8) is 0 Å². The number of nitrogens with one attached hydrogen (secondary N) is 1. The molecule has 0 aliphatic rings. The molecule has 0 aromatic heterocycles. The first-order valence-corrected chi connectivity index (χ1v) is 7.75. The van der Waals surface area contributed by atoms with Gasteiger partial charge in [0.1, 0.15) is 0 Å². The summed E-state index contributed by atoms with van der Waals surface area (Å²) in [5.74, 6) is -0.318. The van der Waals surface area contributed by atoms with Crippen LogP contribution in [0.3, 0.4) is 0 Å². The Morgan fingerprint density at radius 2 is 1.68 bits per heavy atom. The van der Waals surface area contributed by atoms with E-state index >= 15 is 0 Å².